The molecule has 0 fully saturated rings. The Balaban J connectivity index is 1.90. The molecule has 0 spiro atoms. The van der Waals surface area contributed by atoms with E-state index in [2.05, 4.69) is 50.5 Å². The largest absolute Gasteiger partial charge is 0.493 e. The van der Waals surface area contributed by atoms with Gasteiger partial charge in [0.2, 0.25) is 0 Å². The smallest absolute Gasteiger partial charge is 0.125 e. The number of benzene rings is 1. The van der Waals surface area contributed by atoms with Gasteiger partial charge < -0.3 is 10.1 Å². The first kappa shape index (κ1) is 14.5. The van der Waals surface area contributed by atoms with E-state index in [0.717, 1.165) is 41.8 Å². The van der Waals surface area contributed by atoms with Crippen LogP contribution in [0.2, 0.25) is 0 Å². The molecular formula is C16H18BrN3O. The van der Waals surface area contributed by atoms with E-state index in [1.165, 1.54) is 11.1 Å². The van der Waals surface area contributed by atoms with Gasteiger partial charge in [-0.25, -0.2) is 0 Å². The molecule has 0 bridgehead atoms. The Morgan fingerprint density at radius 3 is 3.05 bits per heavy atom. The van der Waals surface area contributed by atoms with Crippen LogP contribution in [-0.4, -0.2) is 23.3 Å². The van der Waals surface area contributed by atoms with Crippen LogP contribution >= 0.6 is 15.9 Å². The van der Waals surface area contributed by atoms with Gasteiger partial charge in [0.15, 0.2) is 0 Å². The standard InChI is InChI=1S/C16H18BrN3O/c1-2-18-15(12-3-5-19-20-10-12)9-13-8-14(17)7-11-4-6-21-16(11)13/h3,5,7-8,10,15,18H,2,4,6,9H2,1H3. The van der Waals surface area contributed by atoms with Crippen molar-refractivity contribution < 1.29 is 4.74 Å². The minimum absolute atomic E-state index is 0.216. The van der Waals surface area contributed by atoms with Crippen LogP contribution in [0.15, 0.2) is 35.1 Å². The van der Waals surface area contributed by atoms with Gasteiger partial charge in [-0.3, -0.25) is 0 Å². The number of ether oxygens (including phenoxy) is 1. The fourth-order valence-corrected chi connectivity index (χ4v) is 3.33. The second-order valence-corrected chi connectivity index (χ2v) is 6.06. The molecule has 0 amide bonds. The summed E-state index contributed by atoms with van der Waals surface area (Å²) in [5.74, 6) is 1.06. The van der Waals surface area contributed by atoms with Gasteiger partial charge in [0, 0.05) is 23.1 Å². The summed E-state index contributed by atoms with van der Waals surface area (Å²) in [5, 5.41) is 11.4. The van der Waals surface area contributed by atoms with Crippen LogP contribution in [-0.2, 0) is 12.8 Å². The van der Waals surface area contributed by atoms with Crippen LogP contribution < -0.4 is 10.1 Å². The Labute approximate surface area is 133 Å². The SMILES string of the molecule is CCNC(Cc1cc(Br)cc2c1OCC2)c1ccnnc1. The van der Waals surface area contributed by atoms with Crippen molar-refractivity contribution in [2.24, 2.45) is 0 Å². The quantitative estimate of drug-likeness (QED) is 0.902. The molecular weight excluding hydrogens is 330 g/mol. The Morgan fingerprint density at radius 2 is 2.29 bits per heavy atom. The van der Waals surface area contributed by atoms with Gasteiger partial charge in [-0.05, 0) is 47.9 Å². The normalized spacial score (nSPS) is 14.6. The van der Waals surface area contributed by atoms with E-state index in [1.807, 2.05) is 12.3 Å². The summed E-state index contributed by atoms with van der Waals surface area (Å²) in [6, 6.07) is 6.54. The second kappa shape index (κ2) is 6.54. The van der Waals surface area contributed by atoms with E-state index < -0.39 is 0 Å². The molecule has 5 heteroatoms. The van der Waals surface area contributed by atoms with Gasteiger partial charge >= 0.3 is 0 Å². The van der Waals surface area contributed by atoms with Crippen molar-refractivity contribution in [3.63, 3.8) is 0 Å². The third-order valence-corrected chi connectivity index (χ3v) is 4.17. The number of nitrogens with zero attached hydrogens (tertiary/aromatic N) is 2. The first-order chi connectivity index (χ1) is 10.3. The molecule has 4 nitrogen and oxygen atoms in total. The van der Waals surface area contributed by atoms with E-state index in [-0.39, 0.29) is 6.04 Å². The first-order valence-electron chi connectivity index (χ1n) is 7.22. The molecule has 1 aromatic heterocycles. The Kier molecular flexibility index (Phi) is 4.51. The van der Waals surface area contributed by atoms with Crippen molar-refractivity contribution >= 4 is 15.9 Å². The molecule has 0 radical (unpaired) electrons. The molecule has 3 rings (SSSR count). The predicted molar refractivity (Wildman–Crippen MR) is 85.5 cm³/mol. The topological polar surface area (TPSA) is 47.0 Å². The minimum Gasteiger partial charge on any atom is -0.493 e. The fourth-order valence-electron chi connectivity index (χ4n) is 2.78. The highest BCUT2D eigenvalue weighted by Crippen LogP contribution is 2.35. The van der Waals surface area contributed by atoms with Gasteiger partial charge in [-0.15, -0.1) is 0 Å². The molecule has 1 unspecified atom stereocenters. The van der Waals surface area contributed by atoms with Crippen LogP contribution in [0.25, 0.3) is 0 Å². The maximum absolute atomic E-state index is 5.82. The number of nitrogens with one attached hydrogen (secondary N) is 1. The summed E-state index contributed by atoms with van der Waals surface area (Å²) >= 11 is 3.60. The monoisotopic (exact) mass is 347 g/mol. The lowest BCUT2D eigenvalue weighted by Gasteiger charge is -2.19. The lowest BCUT2D eigenvalue weighted by molar-refractivity contribution is 0.351. The fraction of sp³-hybridized carbons (Fsp3) is 0.375. The molecule has 1 aromatic carbocycles. The van der Waals surface area contributed by atoms with Crippen LogP contribution in [0.1, 0.15) is 29.7 Å². The molecule has 0 aliphatic carbocycles. The maximum atomic E-state index is 5.82. The van der Waals surface area contributed by atoms with Crippen molar-refractivity contribution in [1.29, 1.82) is 0 Å². The first-order valence-corrected chi connectivity index (χ1v) is 8.01. The number of hydrogen-bond acceptors (Lipinski definition) is 4. The highest BCUT2D eigenvalue weighted by molar-refractivity contribution is 9.10. The average Bonchev–Trinajstić information content (AvgIpc) is 2.96. The Bertz CT molecular complexity index is 618. The zero-order chi connectivity index (χ0) is 14.7. The third-order valence-electron chi connectivity index (χ3n) is 3.71. The number of hydrogen-bond donors (Lipinski definition) is 1. The molecule has 1 aliphatic heterocycles. The van der Waals surface area contributed by atoms with Gasteiger partial charge in [0.05, 0.1) is 12.8 Å². The van der Waals surface area contributed by atoms with E-state index in [0.29, 0.717) is 0 Å². The number of aromatic nitrogens is 2. The van der Waals surface area contributed by atoms with Crippen LogP contribution in [0, 0.1) is 0 Å². The molecule has 21 heavy (non-hydrogen) atoms. The zero-order valence-electron chi connectivity index (χ0n) is 12.0. The molecule has 1 atom stereocenters. The molecule has 1 aliphatic rings. The minimum atomic E-state index is 0.216. The van der Waals surface area contributed by atoms with Gasteiger partial charge in [-0.1, -0.05) is 22.9 Å². The average molecular weight is 348 g/mol. The number of fused-ring (bicyclic) bond motifs is 1. The summed E-state index contributed by atoms with van der Waals surface area (Å²) in [6.45, 7) is 3.80. The van der Waals surface area contributed by atoms with Crippen LogP contribution in [0.4, 0.5) is 0 Å². The van der Waals surface area contributed by atoms with Crippen LogP contribution in [0.5, 0.6) is 5.75 Å². The molecule has 0 saturated carbocycles. The van der Waals surface area contributed by atoms with E-state index in [9.17, 15) is 0 Å². The summed E-state index contributed by atoms with van der Waals surface area (Å²) in [4.78, 5) is 0. The Hall–Kier alpha value is -1.46. The zero-order valence-corrected chi connectivity index (χ0v) is 13.6. The Morgan fingerprint density at radius 1 is 1.38 bits per heavy atom. The highest BCUT2D eigenvalue weighted by Gasteiger charge is 2.20. The van der Waals surface area contributed by atoms with Crippen molar-refractivity contribution in [1.82, 2.24) is 15.5 Å². The number of likely N-dealkylation sites (N-methyl/N-ethyl adjacent to an activating group) is 1. The van der Waals surface area contributed by atoms with E-state index >= 15 is 0 Å². The molecule has 110 valence electrons. The van der Waals surface area contributed by atoms with E-state index in [1.54, 1.807) is 6.20 Å². The summed E-state index contributed by atoms with van der Waals surface area (Å²) in [6.07, 6.45) is 5.43. The number of rotatable bonds is 5. The van der Waals surface area contributed by atoms with Gasteiger partial charge in [0.25, 0.3) is 0 Å². The third kappa shape index (κ3) is 3.24. The highest BCUT2D eigenvalue weighted by atomic mass is 79.9. The molecule has 1 N–H and O–H groups in total. The lowest BCUT2D eigenvalue weighted by Crippen LogP contribution is -2.23. The summed E-state index contributed by atoms with van der Waals surface area (Å²) < 4.78 is 6.94. The maximum Gasteiger partial charge on any atom is 0.125 e. The second-order valence-electron chi connectivity index (χ2n) is 5.14. The molecule has 2 heterocycles. The molecule has 0 saturated heterocycles. The van der Waals surface area contributed by atoms with Crippen molar-refractivity contribution in [3.05, 3.63) is 51.8 Å². The number of halogens is 1. The van der Waals surface area contributed by atoms with Crippen molar-refractivity contribution in [3.8, 4) is 5.75 Å². The van der Waals surface area contributed by atoms with E-state index in [4.69, 9.17) is 4.74 Å². The van der Waals surface area contributed by atoms with Crippen LogP contribution in [0.3, 0.4) is 0 Å². The van der Waals surface area contributed by atoms with Crippen molar-refractivity contribution in [2.75, 3.05) is 13.2 Å². The van der Waals surface area contributed by atoms with Gasteiger partial charge in [-0.2, -0.15) is 10.2 Å². The lowest BCUT2D eigenvalue weighted by atomic mass is 9.98. The van der Waals surface area contributed by atoms with Crippen molar-refractivity contribution in [2.45, 2.75) is 25.8 Å². The summed E-state index contributed by atoms with van der Waals surface area (Å²) in [7, 11) is 0. The van der Waals surface area contributed by atoms with Gasteiger partial charge in [0.1, 0.15) is 5.75 Å². The summed E-state index contributed by atoms with van der Waals surface area (Å²) in [5.41, 5.74) is 3.68. The molecule has 2 aromatic rings. The predicted octanol–water partition coefficient (Wildman–Crippen LogP) is 3.07.